The molecule has 1 fully saturated rings. The molecule has 1 atom stereocenters. The molecule has 7 heteroatoms. The summed E-state index contributed by atoms with van der Waals surface area (Å²) in [5.41, 5.74) is 9.36. The number of carboxylic acid groups (broad SMARTS) is 1. The van der Waals surface area contributed by atoms with Gasteiger partial charge in [0.15, 0.2) is 5.82 Å². The summed E-state index contributed by atoms with van der Waals surface area (Å²) in [7, 11) is 0. The van der Waals surface area contributed by atoms with Crippen LogP contribution in [0.4, 0.5) is 11.5 Å². The number of anilines is 2. The highest BCUT2D eigenvalue weighted by Gasteiger charge is 2.34. The summed E-state index contributed by atoms with van der Waals surface area (Å²) >= 11 is 0. The number of aromatic carboxylic acids is 1. The second kappa shape index (κ2) is 7.67. The Labute approximate surface area is 174 Å². The first-order chi connectivity index (χ1) is 14.4. The van der Waals surface area contributed by atoms with E-state index in [4.69, 9.17) is 10.8 Å². The van der Waals surface area contributed by atoms with E-state index in [2.05, 4.69) is 22.0 Å². The van der Waals surface area contributed by atoms with Crippen molar-refractivity contribution in [3.8, 4) is 17.0 Å². The summed E-state index contributed by atoms with van der Waals surface area (Å²) in [5, 5.41) is 27.6. The number of aromatic hydroxyl groups is 1. The van der Waals surface area contributed by atoms with Gasteiger partial charge < -0.3 is 20.8 Å². The monoisotopic (exact) mass is 404 g/mol. The Morgan fingerprint density at radius 1 is 1.13 bits per heavy atom. The molecule has 1 unspecified atom stereocenters. The zero-order valence-corrected chi connectivity index (χ0v) is 16.7. The number of phenolic OH excluding ortho intramolecular Hbond substituents is 1. The third-order valence-electron chi connectivity index (χ3n) is 5.85. The molecule has 0 spiro atoms. The first kappa shape index (κ1) is 19.7. The quantitative estimate of drug-likeness (QED) is 0.608. The van der Waals surface area contributed by atoms with Crippen molar-refractivity contribution >= 4 is 17.5 Å². The van der Waals surface area contributed by atoms with Crippen LogP contribution in [0.2, 0.25) is 0 Å². The van der Waals surface area contributed by atoms with Crippen LogP contribution < -0.4 is 10.6 Å². The maximum absolute atomic E-state index is 11.2. The minimum Gasteiger partial charge on any atom is -0.507 e. The highest BCUT2D eigenvalue weighted by Crippen LogP contribution is 2.38. The van der Waals surface area contributed by atoms with Gasteiger partial charge in [-0.1, -0.05) is 31.2 Å². The third-order valence-corrected chi connectivity index (χ3v) is 5.85. The number of carboxylic acids is 1. The molecule has 154 valence electrons. The van der Waals surface area contributed by atoms with Crippen LogP contribution in [0.1, 0.15) is 35.7 Å². The van der Waals surface area contributed by atoms with Crippen LogP contribution in [-0.2, 0) is 5.41 Å². The number of hydrogen-bond donors (Lipinski definition) is 3. The summed E-state index contributed by atoms with van der Waals surface area (Å²) in [6.45, 7) is 3.73. The van der Waals surface area contributed by atoms with Crippen LogP contribution in [-0.4, -0.2) is 39.5 Å². The van der Waals surface area contributed by atoms with E-state index in [0.717, 1.165) is 37.2 Å². The zero-order chi connectivity index (χ0) is 21.3. The van der Waals surface area contributed by atoms with Gasteiger partial charge in [-0.15, -0.1) is 10.2 Å². The molecule has 0 bridgehead atoms. The van der Waals surface area contributed by atoms with Gasteiger partial charge in [0.05, 0.1) is 16.9 Å². The first-order valence-electron chi connectivity index (χ1n) is 9.88. The molecular weight excluding hydrogens is 380 g/mol. The predicted octanol–water partition coefficient (Wildman–Crippen LogP) is 3.69. The Balaban J connectivity index is 1.65. The van der Waals surface area contributed by atoms with Gasteiger partial charge in [-0.3, -0.25) is 0 Å². The number of benzene rings is 2. The number of rotatable bonds is 4. The Morgan fingerprint density at radius 2 is 1.87 bits per heavy atom. The van der Waals surface area contributed by atoms with E-state index in [-0.39, 0.29) is 16.7 Å². The molecule has 0 amide bonds. The number of phenols is 1. The minimum absolute atomic E-state index is 0.143. The topological polar surface area (TPSA) is 113 Å². The van der Waals surface area contributed by atoms with Crippen molar-refractivity contribution < 1.29 is 15.0 Å². The number of aromatic nitrogens is 2. The first-order valence-corrected chi connectivity index (χ1v) is 9.88. The Hall–Kier alpha value is -3.61. The van der Waals surface area contributed by atoms with E-state index in [1.165, 1.54) is 0 Å². The fraction of sp³-hybridized carbons (Fsp3) is 0.261. The lowest BCUT2D eigenvalue weighted by molar-refractivity contribution is 0.0697. The SMILES string of the molecule is CC1(c2ccc(C(=O)O)cc2)CCCN(c2cc(-c3ccccc3O)nnc2N)C1. The van der Waals surface area contributed by atoms with Gasteiger partial charge >= 0.3 is 5.97 Å². The van der Waals surface area contributed by atoms with Gasteiger partial charge in [0.1, 0.15) is 5.75 Å². The fourth-order valence-corrected chi connectivity index (χ4v) is 4.16. The van der Waals surface area contributed by atoms with Crippen LogP contribution in [0.5, 0.6) is 5.75 Å². The van der Waals surface area contributed by atoms with Crippen LogP contribution in [0, 0.1) is 0 Å². The maximum Gasteiger partial charge on any atom is 0.335 e. The molecule has 1 saturated heterocycles. The number of nitrogen functional groups attached to an aromatic ring is 1. The highest BCUT2D eigenvalue weighted by atomic mass is 16.4. The zero-order valence-electron chi connectivity index (χ0n) is 16.7. The van der Waals surface area contributed by atoms with Gasteiger partial charge in [0.2, 0.25) is 0 Å². The second-order valence-electron chi connectivity index (χ2n) is 7.99. The lowest BCUT2D eigenvalue weighted by Crippen LogP contribution is -2.44. The molecule has 2 heterocycles. The Kier molecular flexibility index (Phi) is 5.03. The van der Waals surface area contributed by atoms with Crippen molar-refractivity contribution in [2.75, 3.05) is 23.7 Å². The van der Waals surface area contributed by atoms with E-state index in [1.807, 2.05) is 24.3 Å². The molecule has 0 saturated carbocycles. The lowest BCUT2D eigenvalue weighted by atomic mass is 9.75. The molecule has 7 nitrogen and oxygen atoms in total. The number of hydrogen-bond acceptors (Lipinski definition) is 6. The number of nitrogens with two attached hydrogens (primary N) is 1. The van der Waals surface area contributed by atoms with E-state index >= 15 is 0 Å². The summed E-state index contributed by atoms with van der Waals surface area (Å²) < 4.78 is 0. The summed E-state index contributed by atoms with van der Waals surface area (Å²) in [4.78, 5) is 13.4. The molecule has 1 aliphatic rings. The molecule has 0 aliphatic carbocycles. The summed E-state index contributed by atoms with van der Waals surface area (Å²) in [6, 6.07) is 16.0. The largest absolute Gasteiger partial charge is 0.507 e. The molecule has 0 radical (unpaired) electrons. The van der Waals surface area contributed by atoms with E-state index < -0.39 is 5.97 Å². The van der Waals surface area contributed by atoms with Crippen molar-refractivity contribution in [1.29, 1.82) is 0 Å². The number of carbonyl (C=O) groups is 1. The van der Waals surface area contributed by atoms with Crippen molar-refractivity contribution in [2.24, 2.45) is 0 Å². The molecule has 3 aromatic rings. The van der Waals surface area contributed by atoms with Crippen LogP contribution in [0.25, 0.3) is 11.3 Å². The number of nitrogens with zero attached hydrogens (tertiary/aromatic N) is 3. The molecule has 4 N–H and O–H groups in total. The highest BCUT2D eigenvalue weighted by molar-refractivity contribution is 5.87. The van der Waals surface area contributed by atoms with Crippen LogP contribution in [0.15, 0.2) is 54.6 Å². The lowest BCUT2D eigenvalue weighted by Gasteiger charge is -2.42. The normalized spacial score (nSPS) is 18.9. The smallest absolute Gasteiger partial charge is 0.335 e. The van der Waals surface area contributed by atoms with Gasteiger partial charge in [-0.05, 0) is 48.7 Å². The minimum atomic E-state index is -0.927. The standard InChI is InChI=1S/C23H24N4O3/c1-23(16-9-7-15(8-10-16)22(29)30)11-4-12-27(14-23)19-13-18(25-26-21(19)24)17-5-2-3-6-20(17)28/h2-3,5-10,13,28H,4,11-12,14H2,1H3,(H2,24,26)(H,29,30). The predicted molar refractivity (Wildman–Crippen MR) is 116 cm³/mol. The van der Waals surface area contributed by atoms with Gasteiger partial charge in [-0.2, -0.15) is 0 Å². The Morgan fingerprint density at radius 3 is 2.57 bits per heavy atom. The van der Waals surface area contributed by atoms with Crippen LogP contribution >= 0.6 is 0 Å². The van der Waals surface area contributed by atoms with Crippen molar-refractivity contribution in [1.82, 2.24) is 10.2 Å². The summed E-state index contributed by atoms with van der Waals surface area (Å²) in [6.07, 6.45) is 1.95. The third kappa shape index (κ3) is 3.66. The van der Waals surface area contributed by atoms with E-state index in [9.17, 15) is 9.90 Å². The maximum atomic E-state index is 11.2. The molecule has 1 aromatic heterocycles. The van der Waals surface area contributed by atoms with Gasteiger partial charge in [0, 0.05) is 24.1 Å². The number of piperidine rings is 1. The van der Waals surface area contributed by atoms with Crippen molar-refractivity contribution in [3.63, 3.8) is 0 Å². The van der Waals surface area contributed by atoms with E-state index in [0.29, 0.717) is 17.1 Å². The van der Waals surface area contributed by atoms with Gasteiger partial charge in [0.25, 0.3) is 0 Å². The average molecular weight is 404 g/mol. The average Bonchev–Trinajstić information content (AvgIpc) is 2.75. The van der Waals surface area contributed by atoms with Crippen molar-refractivity contribution in [3.05, 3.63) is 65.7 Å². The molecule has 1 aliphatic heterocycles. The fourth-order valence-electron chi connectivity index (χ4n) is 4.16. The Bertz CT molecular complexity index is 1080. The molecule has 30 heavy (non-hydrogen) atoms. The molecule has 4 rings (SSSR count). The number of para-hydroxylation sites is 1. The van der Waals surface area contributed by atoms with Gasteiger partial charge in [-0.25, -0.2) is 4.79 Å². The molecule has 2 aromatic carbocycles. The molecular formula is C23H24N4O3. The van der Waals surface area contributed by atoms with Crippen LogP contribution in [0.3, 0.4) is 0 Å². The van der Waals surface area contributed by atoms with E-state index in [1.54, 1.807) is 30.3 Å². The summed E-state index contributed by atoms with van der Waals surface area (Å²) in [5.74, 6) is -0.437. The second-order valence-corrected chi connectivity index (χ2v) is 7.99. The van der Waals surface area contributed by atoms with Crippen molar-refractivity contribution in [2.45, 2.75) is 25.2 Å².